The number of Topliss-reactive ketones (excluding diaryl/α,β-unsaturated/α-hetero) is 1. The number of thiophene rings is 1. The Labute approximate surface area is 158 Å². The zero-order valence-electron chi connectivity index (χ0n) is 13.8. The fourth-order valence-electron chi connectivity index (χ4n) is 4.09. The number of fused-ring (bicyclic) bond motifs is 5. The van der Waals surface area contributed by atoms with Crippen molar-refractivity contribution in [1.82, 2.24) is 15.2 Å². The summed E-state index contributed by atoms with van der Waals surface area (Å²) in [6.07, 6.45) is 2.33. The Bertz CT molecular complexity index is 835. The van der Waals surface area contributed by atoms with Crippen LogP contribution in [-0.2, 0) is 5.41 Å². The van der Waals surface area contributed by atoms with Crippen molar-refractivity contribution in [3.63, 3.8) is 0 Å². The Morgan fingerprint density at radius 2 is 2.17 bits per heavy atom. The van der Waals surface area contributed by atoms with Crippen molar-refractivity contribution in [2.75, 3.05) is 5.75 Å². The molecular formula is C17H18BrN3OS2. The first kappa shape index (κ1) is 16.7. The molecule has 126 valence electrons. The van der Waals surface area contributed by atoms with Crippen LogP contribution < -0.4 is 0 Å². The first-order chi connectivity index (χ1) is 11.3. The summed E-state index contributed by atoms with van der Waals surface area (Å²) in [5.74, 6) is 0.909. The van der Waals surface area contributed by atoms with Gasteiger partial charge in [0, 0.05) is 11.3 Å². The van der Waals surface area contributed by atoms with Crippen molar-refractivity contribution < 1.29 is 4.79 Å². The van der Waals surface area contributed by atoms with E-state index in [2.05, 4.69) is 46.9 Å². The molecule has 1 saturated carbocycles. The summed E-state index contributed by atoms with van der Waals surface area (Å²) in [5, 5.41) is 9.38. The van der Waals surface area contributed by atoms with E-state index in [4.69, 9.17) is 4.98 Å². The third-order valence-electron chi connectivity index (χ3n) is 5.95. The number of hydrogen-bond acceptors (Lipinski definition) is 6. The average molecular weight is 424 g/mol. The molecule has 2 aliphatic rings. The van der Waals surface area contributed by atoms with Gasteiger partial charge in [-0.2, -0.15) is 5.10 Å². The summed E-state index contributed by atoms with van der Waals surface area (Å²) >= 11 is 6.23. The maximum absolute atomic E-state index is 12.3. The number of thioether (sulfide) groups is 1. The maximum Gasteiger partial charge on any atom is 0.209 e. The minimum Gasteiger partial charge on any atom is -0.292 e. The predicted octanol–water partition coefficient (Wildman–Crippen LogP) is 4.85. The molecule has 7 heteroatoms. The summed E-state index contributed by atoms with van der Waals surface area (Å²) in [6.45, 7) is 6.94. The average Bonchev–Trinajstić information content (AvgIpc) is 3.12. The molecule has 1 fully saturated rings. The third-order valence-corrected chi connectivity index (χ3v) is 8.46. The number of rotatable bonds is 4. The second-order valence-electron chi connectivity index (χ2n) is 7.29. The molecule has 0 aliphatic heterocycles. The minimum atomic E-state index is 0.0703. The third kappa shape index (κ3) is 2.31. The number of carbonyl (C=O) groups is 1. The van der Waals surface area contributed by atoms with Gasteiger partial charge in [0.2, 0.25) is 5.16 Å². The standard InChI is InChI=1S/C17H18BrN3OS2/c1-16(2)9-6-7-17(16,3)14-13(9)20-21-15(19-14)23-8-10(22)11-4-5-12(18)24-11/h4-5,9H,6-8H2,1-3H3/t9-,17+/m0/s1. The highest BCUT2D eigenvalue weighted by Crippen LogP contribution is 2.66. The first-order valence-corrected chi connectivity index (χ1v) is 10.6. The zero-order chi connectivity index (χ0) is 17.1. The van der Waals surface area contributed by atoms with Crippen LogP contribution in [0.2, 0.25) is 0 Å². The lowest BCUT2D eigenvalue weighted by atomic mass is 9.70. The van der Waals surface area contributed by atoms with Crippen molar-refractivity contribution in [3.05, 3.63) is 32.2 Å². The van der Waals surface area contributed by atoms with Gasteiger partial charge in [-0.3, -0.25) is 4.79 Å². The van der Waals surface area contributed by atoms with Gasteiger partial charge < -0.3 is 0 Å². The van der Waals surface area contributed by atoms with E-state index in [-0.39, 0.29) is 16.6 Å². The number of halogens is 1. The van der Waals surface area contributed by atoms with Crippen LogP contribution in [0.15, 0.2) is 21.1 Å². The normalized spacial score (nSPS) is 26.6. The summed E-state index contributed by atoms with van der Waals surface area (Å²) in [4.78, 5) is 17.8. The molecule has 2 aliphatic carbocycles. The van der Waals surface area contributed by atoms with Crippen LogP contribution in [0.5, 0.6) is 0 Å². The van der Waals surface area contributed by atoms with Gasteiger partial charge in [-0.05, 0) is 46.3 Å². The molecule has 0 amide bonds. The summed E-state index contributed by atoms with van der Waals surface area (Å²) in [6, 6.07) is 3.75. The molecule has 2 atom stereocenters. The van der Waals surface area contributed by atoms with Crippen molar-refractivity contribution >= 4 is 44.8 Å². The van der Waals surface area contributed by atoms with Gasteiger partial charge in [0.15, 0.2) is 5.78 Å². The van der Waals surface area contributed by atoms with Crippen LogP contribution in [0.4, 0.5) is 0 Å². The minimum absolute atomic E-state index is 0.0703. The maximum atomic E-state index is 12.3. The van der Waals surface area contributed by atoms with Gasteiger partial charge in [0.05, 0.1) is 25.8 Å². The SMILES string of the molecule is CC1(C)[C@H]2CC[C@]1(C)c1nc(SCC(=O)c3ccc(Br)s3)nnc12. The molecule has 0 N–H and O–H groups in total. The van der Waals surface area contributed by atoms with Crippen LogP contribution in [0, 0.1) is 5.41 Å². The van der Waals surface area contributed by atoms with E-state index >= 15 is 0 Å². The molecule has 0 aromatic carbocycles. The molecule has 0 radical (unpaired) electrons. The van der Waals surface area contributed by atoms with Gasteiger partial charge >= 0.3 is 0 Å². The molecule has 4 rings (SSSR count). The highest BCUT2D eigenvalue weighted by atomic mass is 79.9. The number of carbonyl (C=O) groups excluding carboxylic acids is 1. The predicted molar refractivity (Wildman–Crippen MR) is 100 cm³/mol. The summed E-state index contributed by atoms with van der Waals surface area (Å²) in [7, 11) is 0. The van der Waals surface area contributed by atoms with E-state index in [9.17, 15) is 4.79 Å². The molecule has 2 heterocycles. The fourth-order valence-corrected chi connectivity index (χ4v) is 6.17. The van der Waals surface area contributed by atoms with Crippen LogP contribution in [0.1, 0.15) is 60.6 Å². The zero-order valence-corrected chi connectivity index (χ0v) is 17.0. The highest BCUT2D eigenvalue weighted by molar-refractivity contribution is 9.11. The van der Waals surface area contributed by atoms with Crippen molar-refractivity contribution in [3.8, 4) is 0 Å². The molecule has 0 spiro atoms. The van der Waals surface area contributed by atoms with Crippen molar-refractivity contribution in [2.45, 2.75) is 50.1 Å². The lowest BCUT2D eigenvalue weighted by Crippen LogP contribution is -2.32. The number of hydrogen-bond donors (Lipinski definition) is 0. The van der Waals surface area contributed by atoms with Crippen molar-refractivity contribution in [1.29, 1.82) is 0 Å². The van der Waals surface area contributed by atoms with Crippen LogP contribution in [0.25, 0.3) is 0 Å². The lowest BCUT2D eigenvalue weighted by Gasteiger charge is -2.33. The second-order valence-corrected chi connectivity index (χ2v) is 10.7. The van der Waals surface area contributed by atoms with Gasteiger partial charge in [-0.1, -0.05) is 32.5 Å². The Balaban J connectivity index is 1.55. The van der Waals surface area contributed by atoms with Gasteiger partial charge in [-0.25, -0.2) is 4.98 Å². The van der Waals surface area contributed by atoms with E-state index in [1.165, 1.54) is 29.5 Å². The topological polar surface area (TPSA) is 55.7 Å². The smallest absolute Gasteiger partial charge is 0.209 e. The highest BCUT2D eigenvalue weighted by Gasteiger charge is 2.61. The van der Waals surface area contributed by atoms with E-state index in [1.54, 1.807) is 0 Å². The number of aromatic nitrogens is 3. The number of ketones is 1. The fraction of sp³-hybridized carbons (Fsp3) is 0.529. The van der Waals surface area contributed by atoms with Gasteiger partial charge in [0.1, 0.15) is 0 Å². The van der Waals surface area contributed by atoms with Crippen molar-refractivity contribution in [2.24, 2.45) is 5.41 Å². The van der Waals surface area contributed by atoms with E-state index in [0.717, 1.165) is 26.5 Å². The molecule has 4 nitrogen and oxygen atoms in total. The van der Waals surface area contributed by atoms with E-state index < -0.39 is 0 Å². The van der Waals surface area contributed by atoms with E-state index in [0.29, 0.717) is 16.8 Å². The van der Waals surface area contributed by atoms with Gasteiger partial charge in [-0.15, -0.1) is 16.4 Å². The molecule has 2 aromatic rings. The Morgan fingerprint density at radius 3 is 2.88 bits per heavy atom. The van der Waals surface area contributed by atoms with Gasteiger partial charge in [0.25, 0.3) is 0 Å². The van der Waals surface area contributed by atoms with E-state index in [1.807, 2.05) is 12.1 Å². The van der Waals surface area contributed by atoms with Crippen LogP contribution >= 0.6 is 39.0 Å². The second kappa shape index (κ2) is 5.61. The molecule has 2 bridgehead atoms. The lowest BCUT2D eigenvalue weighted by molar-refractivity contribution is 0.102. The first-order valence-electron chi connectivity index (χ1n) is 7.99. The van der Waals surface area contributed by atoms with Crippen LogP contribution in [-0.4, -0.2) is 26.7 Å². The van der Waals surface area contributed by atoms with Crippen LogP contribution in [0.3, 0.4) is 0 Å². The Kier molecular flexibility index (Phi) is 3.89. The monoisotopic (exact) mass is 423 g/mol. The summed E-state index contributed by atoms with van der Waals surface area (Å²) < 4.78 is 0.970. The molecule has 24 heavy (non-hydrogen) atoms. The molecule has 0 saturated heterocycles. The largest absolute Gasteiger partial charge is 0.292 e. The molecule has 0 unspecified atom stereocenters. The Hall–Kier alpha value is -0.790. The Morgan fingerprint density at radius 1 is 1.38 bits per heavy atom. The summed E-state index contributed by atoms with van der Waals surface area (Å²) in [5.41, 5.74) is 2.43. The number of nitrogens with zero attached hydrogens (tertiary/aromatic N) is 3. The quantitative estimate of drug-likeness (QED) is 0.519. The molecule has 2 aromatic heterocycles. The molecular weight excluding hydrogens is 406 g/mol.